The summed E-state index contributed by atoms with van der Waals surface area (Å²) >= 11 is 12.6. The van der Waals surface area contributed by atoms with Gasteiger partial charge in [0.1, 0.15) is 23.9 Å². The number of para-hydroxylation sites is 1. The second-order valence-corrected chi connectivity index (χ2v) is 10.8. The number of benzene rings is 2. The largest absolute Gasteiger partial charge is 0.496 e. The van der Waals surface area contributed by atoms with Gasteiger partial charge in [-0.2, -0.15) is 0 Å². The monoisotopic (exact) mass is 534 g/mol. The molecule has 0 aliphatic heterocycles. The zero-order valence-corrected chi connectivity index (χ0v) is 22.0. The highest BCUT2D eigenvalue weighted by atomic mass is 35.5. The van der Waals surface area contributed by atoms with E-state index in [9.17, 15) is 14.7 Å². The quantitative estimate of drug-likeness (QED) is 0.331. The Morgan fingerprint density at radius 3 is 2.47 bits per heavy atom. The lowest BCUT2D eigenvalue weighted by Gasteiger charge is -2.52. The number of methoxy groups -OCH3 is 1. The third-order valence-electron chi connectivity index (χ3n) is 6.92. The van der Waals surface area contributed by atoms with Crippen molar-refractivity contribution < 1.29 is 28.5 Å². The number of carboxylic acid groups (broad SMARTS) is 1. The van der Waals surface area contributed by atoms with Gasteiger partial charge in [-0.1, -0.05) is 50.0 Å². The third kappa shape index (κ3) is 4.80. The Morgan fingerprint density at radius 2 is 1.83 bits per heavy atom. The van der Waals surface area contributed by atoms with Gasteiger partial charge in [-0.15, -0.1) is 0 Å². The molecular formula is C27H28Cl2O7. The highest BCUT2D eigenvalue weighted by Crippen LogP contribution is 2.55. The van der Waals surface area contributed by atoms with Crippen LogP contribution < -0.4 is 14.9 Å². The van der Waals surface area contributed by atoms with Crippen molar-refractivity contribution in [2.75, 3.05) is 20.3 Å². The lowest BCUT2D eigenvalue weighted by molar-refractivity contribution is -0.185. The second kappa shape index (κ2) is 9.96. The van der Waals surface area contributed by atoms with Crippen LogP contribution in [-0.2, 0) is 9.53 Å². The molecule has 9 heteroatoms. The number of hydrogen-bond donors (Lipinski definition) is 1. The molecule has 1 N–H and O–H groups in total. The van der Waals surface area contributed by atoms with Crippen molar-refractivity contribution in [1.82, 2.24) is 0 Å². The molecule has 1 aromatic heterocycles. The molecule has 36 heavy (non-hydrogen) atoms. The first kappa shape index (κ1) is 26.3. The van der Waals surface area contributed by atoms with Crippen molar-refractivity contribution >= 4 is 40.1 Å². The molecule has 1 heterocycles. The normalized spacial score (nSPS) is 19.7. The van der Waals surface area contributed by atoms with Gasteiger partial charge in [0.2, 0.25) is 0 Å². The Labute approximate surface area is 218 Å². The lowest BCUT2D eigenvalue weighted by Crippen LogP contribution is -2.55. The molecule has 2 aromatic carbocycles. The number of hydrogen-bond acceptors (Lipinski definition) is 6. The van der Waals surface area contributed by atoms with Gasteiger partial charge in [0, 0.05) is 12.1 Å². The van der Waals surface area contributed by atoms with Crippen LogP contribution in [0.3, 0.4) is 0 Å². The lowest BCUT2D eigenvalue weighted by atomic mass is 9.54. The Kier molecular flexibility index (Phi) is 7.28. The summed E-state index contributed by atoms with van der Waals surface area (Å²) in [6, 6.07) is 9.58. The number of fused-ring (bicyclic) bond motifs is 1. The predicted molar refractivity (Wildman–Crippen MR) is 138 cm³/mol. The molecule has 0 spiro atoms. The summed E-state index contributed by atoms with van der Waals surface area (Å²) in [6.45, 7) is 6.29. The molecule has 0 radical (unpaired) electrons. The van der Waals surface area contributed by atoms with Crippen LogP contribution in [0.15, 0.2) is 45.6 Å². The minimum atomic E-state index is -0.787. The molecule has 7 nitrogen and oxygen atoms in total. The van der Waals surface area contributed by atoms with Crippen LogP contribution in [0.1, 0.15) is 33.6 Å². The number of ether oxygens (including phenoxy) is 3. The Balaban J connectivity index is 1.48. The summed E-state index contributed by atoms with van der Waals surface area (Å²) in [5.41, 5.74) is -0.617. The minimum Gasteiger partial charge on any atom is -0.496 e. The maximum Gasteiger partial charge on any atom is 0.310 e. The first-order valence-corrected chi connectivity index (χ1v) is 12.3. The molecule has 0 bridgehead atoms. The molecule has 0 atom stereocenters. The van der Waals surface area contributed by atoms with Crippen molar-refractivity contribution in [3.63, 3.8) is 0 Å². The molecule has 192 valence electrons. The summed E-state index contributed by atoms with van der Waals surface area (Å²) in [5.74, 6) is 0.239. The highest BCUT2D eigenvalue weighted by molar-refractivity contribution is 6.34. The zero-order valence-electron chi connectivity index (χ0n) is 20.5. The zero-order chi connectivity index (χ0) is 26.3. The van der Waals surface area contributed by atoms with E-state index >= 15 is 0 Å². The van der Waals surface area contributed by atoms with Gasteiger partial charge in [-0.25, -0.2) is 0 Å². The van der Waals surface area contributed by atoms with Crippen LogP contribution in [0.5, 0.6) is 11.5 Å². The van der Waals surface area contributed by atoms with Crippen molar-refractivity contribution in [1.29, 1.82) is 0 Å². The molecular weight excluding hydrogens is 507 g/mol. The fourth-order valence-electron chi connectivity index (χ4n) is 4.59. The van der Waals surface area contributed by atoms with Crippen LogP contribution >= 0.6 is 23.2 Å². The number of carboxylic acids is 1. The fourth-order valence-corrected chi connectivity index (χ4v) is 5.01. The van der Waals surface area contributed by atoms with E-state index in [1.165, 1.54) is 13.2 Å². The predicted octanol–water partition coefficient (Wildman–Crippen LogP) is 6.45. The molecule has 0 saturated heterocycles. The molecule has 3 aromatic rings. The Morgan fingerprint density at radius 1 is 1.11 bits per heavy atom. The average Bonchev–Trinajstić information content (AvgIpc) is 2.77. The second-order valence-electron chi connectivity index (χ2n) is 9.96. The molecule has 1 aliphatic carbocycles. The van der Waals surface area contributed by atoms with Crippen LogP contribution in [0.4, 0.5) is 0 Å². The Bertz CT molecular complexity index is 1350. The molecule has 1 aliphatic rings. The van der Waals surface area contributed by atoms with E-state index in [1.54, 1.807) is 30.3 Å². The maximum absolute atomic E-state index is 12.7. The number of halogens is 2. The van der Waals surface area contributed by atoms with Gasteiger partial charge < -0.3 is 23.7 Å². The smallest absolute Gasteiger partial charge is 0.310 e. The van der Waals surface area contributed by atoms with E-state index in [-0.39, 0.29) is 41.5 Å². The van der Waals surface area contributed by atoms with Crippen molar-refractivity contribution in [3.8, 4) is 22.8 Å². The molecule has 4 rings (SSSR count). The van der Waals surface area contributed by atoms with Crippen LogP contribution in [0.25, 0.3) is 22.3 Å². The number of rotatable bonds is 8. The summed E-state index contributed by atoms with van der Waals surface area (Å²) in [4.78, 5) is 24.5. The van der Waals surface area contributed by atoms with E-state index in [0.717, 1.165) is 0 Å². The molecule has 1 fully saturated rings. The van der Waals surface area contributed by atoms with Crippen molar-refractivity contribution in [3.05, 3.63) is 56.7 Å². The van der Waals surface area contributed by atoms with E-state index in [4.69, 9.17) is 41.8 Å². The topological polar surface area (TPSA) is 95.2 Å². The number of aliphatic carboxylic acids is 1. The first-order chi connectivity index (χ1) is 17.0. The average molecular weight is 535 g/mol. The molecule has 1 saturated carbocycles. The van der Waals surface area contributed by atoms with Gasteiger partial charge in [0.25, 0.3) is 0 Å². The first-order valence-electron chi connectivity index (χ1n) is 11.5. The van der Waals surface area contributed by atoms with Gasteiger partial charge in [0.15, 0.2) is 11.0 Å². The molecule has 0 amide bonds. The number of carbonyl (C=O) groups is 1. The van der Waals surface area contributed by atoms with Crippen molar-refractivity contribution in [2.24, 2.45) is 10.8 Å². The Hall–Kier alpha value is -2.74. The van der Waals surface area contributed by atoms with Gasteiger partial charge in [0.05, 0.1) is 46.2 Å². The van der Waals surface area contributed by atoms with Gasteiger partial charge in [-0.05, 0) is 36.5 Å². The van der Waals surface area contributed by atoms with E-state index in [2.05, 4.69) is 0 Å². The van der Waals surface area contributed by atoms with Crippen molar-refractivity contribution in [2.45, 2.75) is 39.7 Å². The van der Waals surface area contributed by atoms with Crippen LogP contribution in [0.2, 0.25) is 10.0 Å². The third-order valence-corrected chi connectivity index (χ3v) is 7.51. The molecule has 0 unspecified atom stereocenters. The summed E-state index contributed by atoms with van der Waals surface area (Å²) in [7, 11) is 1.49. The van der Waals surface area contributed by atoms with Crippen LogP contribution in [-0.4, -0.2) is 37.5 Å². The van der Waals surface area contributed by atoms with Gasteiger partial charge in [-0.3, -0.25) is 9.59 Å². The highest BCUT2D eigenvalue weighted by Gasteiger charge is 2.58. The van der Waals surface area contributed by atoms with Crippen LogP contribution in [0, 0.1) is 10.8 Å². The fraction of sp³-hybridized carbons (Fsp3) is 0.407. The summed E-state index contributed by atoms with van der Waals surface area (Å²) < 4.78 is 23.1. The van der Waals surface area contributed by atoms with Gasteiger partial charge >= 0.3 is 5.97 Å². The summed E-state index contributed by atoms with van der Waals surface area (Å²) in [6.07, 6.45) is 0.786. The standard InChI is InChI=1S/C27H28Cl2O7/c1-26(2,3)27(25(31)32)13-15(14-27)34-8-9-35-23-10-17(21(33-4)11-19(23)29)22-12-20(30)16-6-5-7-18(28)24(16)36-22/h5-7,10-12,15H,8-9,13-14H2,1-4H3,(H,31,32). The minimum absolute atomic E-state index is 0.137. The van der Waals surface area contributed by atoms with E-state index in [0.29, 0.717) is 45.3 Å². The summed E-state index contributed by atoms with van der Waals surface area (Å²) in [5, 5.41) is 10.7. The SMILES string of the molecule is COc1cc(Cl)c(OCCOC2CC(C(=O)O)(C(C)(C)C)C2)cc1-c1cc(=O)c2cccc(Cl)c2o1. The van der Waals surface area contributed by atoms with E-state index < -0.39 is 11.4 Å². The maximum atomic E-state index is 12.7. The van der Waals surface area contributed by atoms with E-state index in [1.807, 2.05) is 20.8 Å².